The predicted molar refractivity (Wildman–Crippen MR) is 71.7 cm³/mol. The van der Waals surface area contributed by atoms with Gasteiger partial charge in [-0.05, 0) is 19.1 Å². The summed E-state index contributed by atoms with van der Waals surface area (Å²) < 4.78 is 6.48. The van der Waals surface area contributed by atoms with Crippen molar-refractivity contribution in [2.24, 2.45) is 0 Å². The van der Waals surface area contributed by atoms with Crippen molar-refractivity contribution in [2.75, 3.05) is 18.1 Å². The van der Waals surface area contributed by atoms with E-state index in [2.05, 4.69) is 17.1 Å². The van der Waals surface area contributed by atoms with E-state index < -0.39 is 0 Å². The second-order valence-electron chi connectivity index (χ2n) is 3.42. The number of anilines is 1. The van der Waals surface area contributed by atoms with Gasteiger partial charge in [0.15, 0.2) is 4.34 Å². The summed E-state index contributed by atoms with van der Waals surface area (Å²) in [5, 5.41) is 8.18. The van der Waals surface area contributed by atoms with Gasteiger partial charge in [0.05, 0.1) is 6.61 Å². The van der Waals surface area contributed by atoms with E-state index >= 15 is 0 Å². The van der Waals surface area contributed by atoms with Gasteiger partial charge in [0.2, 0.25) is 5.13 Å². The third-order valence-corrected chi connectivity index (χ3v) is 3.87. The number of hydrogen-bond donors (Lipinski definition) is 1. The lowest BCUT2D eigenvalue weighted by Gasteiger charge is -2.04. The summed E-state index contributed by atoms with van der Waals surface area (Å²) in [7, 11) is 0. The highest BCUT2D eigenvalue weighted by atomic mass is 32.2. The van der Waals surface area contributed by atoms with Crippen molar-refractivity contribution in [1.82, 2.24) is 10.2 Å². The average Bonchev–Trinajstić information content (AvgIpc) is 2.73. The molecular weight excluding hydrogens is 254 g/mol. The fraction of sp³-hybridized carbons (Fsp3) is 0.273. The number of hydrogen-bond acceptors (Lipinski definition) is 6. The molecule has 0 aliphatic carbocycles. The van der Waals surface area contributed by atoms with Crippen molar-refractivity contribution < 1.29 is 4.74 Å². The number of aryl methyl sites for hydroxylation is 1. The molecule has 4 nitrogen and oxygen atoms in total. The maximum Gasteiger partial charge on any atom is 0.203 e. The summed E-state index contributed by atoms with van der Waals surface area (Å²) in [5.41, 5.74) is 6.72. The van der Waals surface area contributed by atoms with Crippen LogP contribution in [0.1, 0.15) is 5.56 Å². The minimum Gasteiger partial charge on any atom is -0.493 e. The summed E-state index contributed by atoms with van der Waals surface area (Å²) in [6, 6.07) is 8.02. The summed E-state index contributed by atoms with van der Waals surface area (Å²) in [6.45, 7) is 2.70. The Hall–Kier alpha value is -1.27. The van der Waals surface area contributed by atoms with Gasteiger partial charge >= 0.3 is 0 Å². The van der Waals surface area contributed by atoms with Gasteiger partial charge in [-0.15, -0.1) is 10.2 Å². The van der Waals surface area contributed by atoms with Crippen LogP contribution in [0.5, 0.6) is 5.75 Å². The molecule has 0 aliphatic rings. The lowest BCUT2D eigenvalue weighted by atomic mass is 10.2. The summed E-state index contributed by atoms with van der Waals surface area (Å²) in [6.07, 6.45) is 0. The van der Waals surface area contributed by atoms with E-state index in [4.69, 9.17) is 10.5 Å². The number of benzene rings is 1. The number of aromatic nitrogens is 2. The molecule has 0 amide bonds. The van der Waals surface area contributed by atoms with Gasteiger partial charge in [0.1, 0.15) is 5.75 Å². The van der Waals surface area contributed by atoms with E-state index in [1.54, 1.807) is 11.8 Å². The monoisotopic (exact) mass is 267 g/mol. The van der Waals surface area contributed by atoms with Crippen LogP contribution in [-0.4, -0.2) is 22.6 Å². The number of nitrogens with zero attached hydrogens (tertiary/aromatic N) is 2. The average molecular weight is 267 g/mol. The number of nitrogens with two attached hydrogens (primary N) is 1. The van der Waals surface area contributed by atoms with E-state index in [1.165, 1.54) is 16.9 Å². The van der Waals surface area contributed by atoms with Crippen LogP contribution in [0.4, 0.5) is 5.13 Å². The van der Waals surface area contributed by atoms with Crippen molar-refractivity contribution in [2.45, 2.75) is 11.3 Å². The normalized spacial score (nSPS) is 10.4. The second kappa shape index (κ2) is 5.88. The quantitative estimate of drug-likeness (QED) is 0.666. The van der Waals surface area contributed by atoms with E-state index in [1.807, 2.05) is 24.3 Å². The van der Waals surface area contributed by atoms with E-state index in [9.17, 15) is 0 Å². The Bertz CT molecular complexity index is 470. The molecule has 0 unspecified atom stereocenters. The number of ether oxygens (including phenoxy) is 1. The Balaban J connectivity index is 1.71. The zero-order chi connectivity index (χ0) is 12.1. The van der Waals surface area contributed by atoms with Crippen LogP contribution in [-0.2, 0) is 0 Å². The highest BCUT2D eigenvalue weighted by Crippen LogP contribution is 2.23. The van der Waals surface area contributed by atoms with Crippen LogP contribution in [0.15, 0.2) is 28.6 Å². The van der Waals surface area contributed by atoms with Crippen LogP contribution >= 0.6 is 23.1 Å². The van der Waals surface area contributed by atoms with Crippen molar-refractivity contribution in [1.29, 1.82) is 0 Å². The minimum atomic E-state index is 0.506. The molecule has 0 saturated heterocycles. The predicted octanol–water partition coefficient (Wildman–Crippen LogP) is 2.60. The number of thioether (sulfide) groups is 1. The first-order valence-electron chi connectivity index (χ1n) is 5.15. The molecule has 90 valence electrons. The third kappa shape index (κ3) is 3.90. The van der Waals surface area contributed by atoms with Gasteiger partial charge in [0.25, 0.3) is 0 Å². The molecule has 0 bridgehead atoms. The van der Waals surface area contributed by atoms with Crippen LogP contribution < -0.4 is 10.5 Å². The Labute approximate surface area is 108 Å². The van der Waals surface area contributed by atoms with E-state index in [-0.39, 0.29) is 0 Å². The lowest BCUT2D eigenvalue weighted by Crippen LogP contribution is -1.99. The van der Waals surface area contributed by atoms with Crippen molar-refractivity contribution in [3.8, 4) is 5.75 Å². The summed E-state index contributed by atoms with van der Waals surface area (Å²) >= 11 is 3.00. The van der Waals surface area contributed by atoms with Crippen molar-refractivity contribution in [3.63, 3.8) is 0 Å². The van der Waals surface area contributed by atoms with Crippen LogP contribution in [0, 0.1) is 6.92 Å². The van der Waals surface area contributed by atoms with Crippen LogP contribution in [0.25, 0.3) is 0 Å². The molecule has 1 aromatic heterocycles. The zero-order valence-electron chi connectivity index (χ0n) is 9.42. The molecule has 0 saturated carbocycles. The van der Waals surface area contributed by atoms with Crippen LogP contribution in [0.2, 0.25) is 0 Å². The fourth-order valence-electron chi connectivity index (χ4n) is 1.20. The summed E-state index contributed by atoms with van der Waals surface area (Å²) in [5.74, 6) is 1.73. The van der Waals surface area contributed by atoms with E-state index in [0.717, 1.165) is 15.8 Å². The summed E-state index contributed by atoms with van der Waals surface area (Å²) in [4.78, 5) is 0. The van der Waals surface area contributed by atoms with Crippen LogP contribution in [0.3, 0.4) is 0 Å². The molecule has 2 rings (SSSR count). The van der Waals surface area contributed by atoms with Crippen molar-refractivity contribution in [3.05, 3.63) is 29.8 Å². The largest absolute Gasteiger partial charge is 0.493 e. The highest BCUT2D eigenvalue weighted by Gasteiger charge is 2.01. The maximum atomic E-state index is 5.59. The Kier molecular flexibility index (Phi) is 4.22. The van der Waals surface area contributed by atoms with Gasteiger partial charge in [-0.25, -0.2) is 0 Å². The zero-order valence-corrected chi connectivity index (χ0v) is 11.1. The first-order chi connectivity index (χ1) is 8.24. The molecule has 0 fully saturated rings. The standard InChI is InChI=1S/C11H13N3OS2/c1-8-2-4-9(5-3-8)15-6-7-16-11-14-13-10(12)17-11/h2-5H,6-7H2,1H3,(H2,12,13). The van der Waals surface area contributed by atoms with E-state index in [0.29, 0.717) is 11.7 Å². The number of nitrogen functional groups attached to an aromatic ring is 1. The number of rotatable bonds is 5. The van der Waals surface area contributed by atoms with Gasteiger partial charge in [0, 0.05) is 5.75 Å². The molecule has 1 heterocycles. The smallest absolute Gasteiger partial charge is 0.203 e. The Morgan fingerprint density at radius 3 is 2.71 bits per heavy atom. The second-order valence-corrected chi connectivity index (χ2v) is 5.77. The lowest BCUT2D eigenvalue weighted by molar-refractivity contribution is 0.344. The fourth-order valence-corrected chi connectivity index (χ4v) is 2.73. The first-order valence-corrected chi connectivity index (χ1v) is 6.95. The molecule has 2 N–H and O–H groups in total. The molecule has 2 aromatic rings. The maximum absolute atomic E-state index is 5.59. The van der Waals surface area contributed by atoms with Gasteiger partial charge in [-0.1, -0.05) is 40.8 Å². The molecule has 1 aromatic carbocycles. The molecular formula is C11H13N3OS2. The van der Waals surface area contributed by atoms with Gasteiger partial charge in [-0.2, -0.15) is 0 Å². The molecule has 0 aliphatic heterocycles. The first kappa shape index (κ1) is 12.2. The molecule has 0 atom stereocenters. The molecule has 0 spiro atoms. The topological polar surface area (TPSA) is 61.0 Å². The molecule has 0 radical (unpaired) electrons. The molecule has 6 heteroatoms. The minimum absolute atomic E-state index is 0.506. The Morgan fingerprint density at radius 2 is 2.06 bits per heavy atom. The van der Waals surface area contributed by atoms with Crippen molar-refractivity contribution >= 4 is 28.2 Å². The Morgan fingerprint density at radius 1 is 1.29 bits per heavy atom. The highest BCUT2D eigenvalue weighted by molar-refractivity contribution is 8.01. The van der Waals surface area contributed by atoms with Gasteiger partial charge < -0.3 is 10.5 Å². The SMILES string of the molecule is Cc1ccc(OCCSc2nnc(N)s2)cc1. The third-order valence-electron chi connectivity index (χ3n) is 2.02. The molecule has 17 heavy (non-hydrogen) atoms. The van der Waals surface area contributed by atoms with Gasteiger partial charge in [-0.3, -0.25) is 0 Å².